The molecule has 9 heteroatoms. The third-order valence-corrected chi connectivity index (χ3v) is 4.85. The van der Waals surface area contributed by atoms with Gasteiger partial charge in [0.05, 0.1) is 24.1 Å². The van der Waals surface area contributed by atoms with E-state index in [1.807, 2.05) is 10.6 Å². The average molecular weight is 472 g/mol. The van der Waals surface area contributed by atoms with Crippen molar-refractivity contribution >= 4 is 56.9 Å². The molecule has 1 N–H and O–H groups in total. The van der Waals surface area contributed by atoms with Crippen LogP contribution in [0.25, 0.3) is 11.2 Å². The predicted octanol–water partition coefficient (Wildman–Crippen LogP) is 4.15. The van der Waals surface area contributed by atoms with E-state index < -0.39 is 0 Å². The van der Waals surface area contributed by atoms with Gasteiger partial charge in [-0.3, -0.25) is 4.57 Å². The van der Waals surface area contributed by atoms with E-state index in [0.717, 1.165) is 25.1 Å². The lowest BCUT2D eigenvalue weighted by atomic mass is 10.3. The number of ether oxygens (including phenoxy) is 2. The second-order valence-corrected chi connectivity index (χ2v) is 6.98. The number of rotatable bonds is 4. The van der Waals surface area contributed by atoms with E-state index in [1.165, 1.54) is 0 Å². The topological polar surface area (TPSA) is 74.1 Å². The van der Waals surface area contributed by atoms with Crippen molar-refractivity contribution in [3.05, 3.63) is 33.4 Å². The van der Waals surface area contributed by atoms with Gasteiger partial charge in [-0.15, -0.1) is 0 Å². The number of nitrogens with one attached hydrogen (secondary N) is 1. The Bertz CT molecular complexity index is 926. The minimum absolute atomic E-state index is 0.0241. The standard InChI is InChI=1S/C16H15ClIN5O2/c1-24-9-4-5-10(17)11(7-9)20-14-13-15(22-16(18)21-14)23(8-19-13)12-3-2-6-25-12/h4-5,7-8,12H,2-3,6H2,1H3,(H,20,21,22). The summed E-state index contributed by atoms with van der Waals surface area (Å²) in [6.45, 7) is 0.761. The van der Waals surface area contributed by atoms with Gasteiger partial charge in [0.2, 0.25) is 0 Å². The van der Waals surface area contributed by atoms with Gasteiger partial charge in [-0.25, -0.2) is 15.0 Å². The van der Waals surface area contributed by atoms with E-state index in [1.54, 1.807) is 25.6 Å². The molecular weight excluding hydrogens is 457 g/mol. The first-order valence-corrected chi connectivity index (χ1v) is 9.23. The fourth-order valence-electron chi connectivity index (χ4n) is 2.82. The number of imidazole rings is 1. The molecule has 1 unspecified atom stereocenters. The lowest BCUT2D eigenvalue weighted by Crippen LogP contribution is -2.08. The third kappa shape index (κ3) is 3.25. The van der Waals surface area contributed by atoms with Crippen LogP contribution in [0.5, 0.6) is 5.75 Å². The number of hydrogen-bond donors (Lipinski definition) is 1. The van der Waals surface area contributed by atoms with Crippen LogP contribution in [0.3, 0.4) is 0 Å². The monoisotopic (exact) mass is 471 g/mol. The Kier molecular flexibility index (Phi) is 4.65. The highest BCUT2D eigenvalue weighted by Crippen LogP contribution is 2.33. The number of methoxy groups -OCH3 is 1. The van der Waals surface area contributed by atoms with Crippen LogP contribution < -0.4 is 10.1 Å². The average Bonchev–Trinajstić information content (AvgIpc) is 3.25. The molecule has 0 saturated carbocycles. The first-order chi connectivity index (χ1) is 12.2. The molecule has 3 heterocycles. The Labute approximate surface area is 162 Å². The Hall–Kier alpha value is -1.65. The number of fused-ring (bicyclic) bond motifs is 1. The highest BCUT2D eigenvalue weighted by molar-refractivity contribution is 14.1. The second kappa shape index (κ2) is 6.93. The molecule has 4 rings (SSSR count). The smallest absolute Gasteiger partial charge is 0.194 e. The Morgan fingerprint density at radius 2 is 2.28 bits per heavy atom. The molecule has 1 atom stereocenters. The summed E-state index contributed by atoms with van der Waals surface area (Å²) < 4.78 is 13.6. The minimum atomic E-state index is -0.0241. The quantitative estimate of drug-likeness (QED) is 0.455. The van der Waals surface area contributed by atoms with Gasteiger partial charge in [0.15, 0.2) is 20.8 Å². The van der Waals surface area contributed by atoms with Crippen LogP contribution in [-0.4, -0.2) is 33.2 Å². The van der Waals surface area contributed by atoms with Gasteiger partial charge in [0, 0.05) is 35.3 Å². The molecule has 0 spiro atoms. The number of nitrogens with zero attached hydrogens (tertiary/aromatic N) is 4. The molecule has 1 aromatic carbocycles. The van der Waals surface area contributed by atoms with Crippen LogP contribution >= 0.6 is 34.2 Å². The summed E-state index contributed by atoms with van der Waals surface area (Å²) in [5.41, 5.74) is 2.12. The van der Waals surface area contributed by atoms with Crippen molar-refractivity contribution in [2.75, 3.05) is 19.0 Å². The van der Waals surface area contributed by atoms with E-state index in [2.05, 4.69) is 42.9 Å². The van der Waals surface area contributed by atoms with Gasteiger partial charge < -0.3 is 14.8 Å². The van der Waals surface area contributed by atoms with E-state index >= 15 is 0 Å². The Morgan fingerprint density at radius 1 is 1.40 bits per heavy atom. The second-order valence-electron chi connectivity index (χ2n) is 5.60. The lowest BCUT2D eigenvalue weighted by molar-refractivity contribution is 0.0592. The Morgan fingerprint density at radius 3 is 3.04 bits per heavy atom. The van der Waals surface area contributed by atoms with Gasteiger partial charge in [-0.05, 0) is 25.0 Å². The van der Waals surface area contributed by atoms with Crippen LogP contribution in [-0.2, 0) is 4.74 Å². The van der Waals surface area contributed by atoms with Crippen molar-refractivity contribution in [3.8, 4) is 5.75 Å². The van der Waals surface area contributed by atoms with Crippen LogP contribution in [0.1, 0.15) is 19.1 Å². The SMILES string of the molecule is COc1ccc(Cl)c(Nc2nc(I)nc3c2ncn3C2CCCO2)c1. The van der Waals surface area contributed by atoms with Crippen LogP contribution in [0, 0.1) is 3.83 Å². The maximum absolute atomic E-state index is 6.29. The molecule has 0 radical (unpaired) electrons. The van der Waals surface area contributed by atoms with E-state index in [4.69, 9.17) is 21.1 Å². The zero-order valence-electron chi connectivity index (χ0n) is 13.4. The maximum atomic E-state index is 6.29. The highest BCUT2D eigenvalue weighted by atomic mass is 127. The largest absolute Gasteiger partial charge is 0.497 e. The minimum Gasteiger partial charge on any atom is -0.497 e. The molecule has 1 saturated heterocycles. The number of aromatic nitrogens is 4. The molecule has 7 nitrogen and oxygen atoms in total. The molecule has 2 aromatic heterocycles. The molecule has 1 aliphatic heterocycles. The number of hydrogen-bond acceptors (Lipinski definition) is 6. The third-order valence-electron chi connectivity index (χ3n) is 4.04. The number of benzene rings is 1. The number of anilines is 2. The first kappa shape index (κ1) is 16.8. The molecule has 130 valence electrons. The summed E-state index contributed by atoms with van der Waals surface area (Å²) in [4.78, 5) is 13.5. The maximum Gasteiger partial charge on any atom is 0.194 e. The fraction of sp³-hybridized carbons (Fsp3) is 0.312. The van der Waals surface area contributed by atoms with Gasteiger partial charge in [0.1, 0.15) is 12.0 Å². The molecule has 0 bridgehead atoms. The van der Waals surface area contributed by atoms with Crippen molar-refractivity contribution in [2.45, 2.75) is 19.1 Å². The molecule has 25 heavy (non-hydrogen) atoms. The number of halogens is 2. The summed E-state index contributed by atoms with van der Waals surface area (Å²) in [5.74, 6) is 1.30. The van der Waals surface area contributed by atoms with Crippen molar-refractivity contribution in [1.82, 2.24) is 19.5 Å². The molecule has 1 fully saturated rings. The molecule has 1 aliphatic rings. The normalized spacial score (nSPS) is 17.2. The van der Waals surface area contributed by atoms with Gasteiger partial charge in [0.25, 0.3) is 0 Å². The van der Waals surface area contributed by atoms with Crippen molar-refractivity contribution < 1.29 is 9.47 Å². The molecule has 0 aliphatic carbocycles. The summed E-state index contributed by atoms with van der Waals surface area (Å²) in [7, 11) is 1.61. The summed E-state index contributed by atoms with van der Waals surface area (Å²) >= 11 is 8.39. The molecule has 3 aromatic rings. The van der Waals surface area contributed by atoms with E-state index in [0.29, 0.717) is 31.6 Å². The van der Waals surface area contributed by atoms with Gasteiger partial charge in [-0.1, -0.05) is 11.6 Å². The summed E-state index contributed by atoms with van der Waals surface area (Å²) in [5, 5.41) is 3.82. The van der Waals surface area contributed by atoms with Gasteiger partial charge >= 0.3 is 0 Å². The van der Waals surface area contributed by atoms with Crippen molar-refractivity contribution in [3.63, 3.8) is 0 Å². The van der Waals surface area contributed by atoms with Crippen LogP contribution in [0.2, 0.25) is 5.02 Å². The molecule has 0 amide bonds. The van der Waals surface area contributed by atoms with Gasteiger partial charge in [-0.2, -0.15) is 0 Å². The predicted molar refractivity (Wildman–Crippen MR) is 104 cm³/mol. The highest BCUT2D eigenvalue weighted by Gasteiger charge is 2.22. The summed E-state index contributed by atoms with van der Waals surface area (Å²) in [6.07, 6.45) is 3.72. The lowest BCUT2D eigenvalue weighted by Gasteiger charge is -2.13. The van der Waals surface area contributed by atoms with Crippen molar-refractivity contribution in [1.29, 1.82) is 0 Å². The van der Waals surface area contributed by atoms with E-state index in [-0.39, 0.29) is 6.23 Å². The summed E-state index contributed by atoms with van der Waals surface area (Å²) in [6, 6.07) is 5.40. The fourth-order valence-corrected chi connectivity index (χ4v) is 3.46. The van der Waals surface area contributed by atoms with Crippen LogP contribution in [0.15, 0.2) is 24.5 Å². The van der Waals surface area contributed by atoms with E-state index in [9.17, 15) is 0 Å². The zero-order valence-corrected chi connectivity index (χ0v) is 16.3. The Balaban J connectivity index is 1.77. The van der Waals surface area contributed by atoms with Crippen LogP contribution in [0.4, 0.5) is 11.5 Å². The van der Waals surface area contributed by atoms with Crippen molar-refractivity contribution in [2.24, 2.45) is 0 Å². The molecular formula is C16H15ClIN5O2. The first-order valence-electron chi connectivity index (χ1n) is 7.78. The zero-order chi connectivity index (χ0) is 17.4.